The first kappa shape index (κ1) is 17.7. The summed E-state index contributed by atoms with van der Waals surface area (Å²) in [6, 6.07) is 0. The highest BCUT2D eigenvalue weighted by atomic mass is 16.7. The van der Waals surface area contributed by atoms with Gasteiger partial charge >= 0.3 is 5.97 Å². The van der Waals surface area contributed by atoms with Crippen LogP contribution in [0.15, 0.2) is 34.9 Å². The third-order valence-electron chi connectivity index (χ3n) is 6.69. The van der Waals surface area contributed by atoms with Crippen LogP contribution < -0.4 is 0 Å². The third kappa shape index (κ3) is 2.37. The third-order valence-corrected chi connectivity index (χ3v) is 6.69. The fourth-order valence-electron chi connectivity index (χ4n) is 4.97. The molecule has 5 atom stereocenters. The summed E-state index contributed by atoms with van der Waals surface area (Å²) in [6.45, 7) is 9.72. The van der Waals surface area contributed by atoms with Gasteiger partial charge in [-0.2, -0.15) is 0 Å². The molecule has 2 aliphatic carbocycles. The molecule has 140 valence electrons. The first-order valence-electron chi connectivity index (χ1n) is 9.39. The molecule has 0 aromatic carbocycles. The number of rotatable bonds is 1. The van der Waals surface area contributed by atoms with Crippen LogP contribution in [0.4, 0.5) is 0 Å². The lowest BCUT2D eigenvalue weighted by atomic mass is 9.78. The van der Waals surface area contributed by atoms with Crippen LogP contribution in [0.3, 0.4) is 0 Å². The summed E-state index contributed by atoms with van der Waals surface area (Å²) in [7, 11) is 0. The SMILES string of the molecule is C=C(C)C1CCC2(O)C(C)=CC(=O)C2=C(C)CC2OC(=O)C3(CC1)OC23. The molecule has 5 heteroatoms. The first-order valence-corrected chi connectivity index (χ1v) is 9.39. The molecule has 5 unspecified atom stereocenters. The zero-order valence-corrected chi connectivity index (χ0v) is 15.6. The van der Waals surface area contributed by atoms with Crippen molar-refractivity contribution in [2.45, 2.75) is 76.3 Å². The van der Waals surface area contributed by atoms with E-state index in [-0.39, 0.29) is 29.9 Å². The van der Waals surface area contributed by atoms with Crippen LogP contribution in [0, 0.1) is 5.92 Å². The van der Waals surface area contributed by atoms with Gasteiger partial charge in [-0.05, 0) is 64.0 Å². The highest BCUT2D eigenvalue weighted by molar-refractivity contribution is 6.10. The Morgan fingerprint density at radius 3 is 2.62 bits per heavy atom. The average molecular weight is 358 g/mol. The van der Waals surface area contributed by atoms with E-state index in [2.05, 4.69) is 6.58 Å². The van der Waals surface area contributed by atoms with Crippen molar-refractivity contribution in [2.75, 3.05) is 0 Å². The molecule has 0 saturated carbocycles. The number of carbonyl (C=O) groups excluding carboxylic acids is 2. The zero-order chi connectivity index (χ0) is 18.9. The Morgan fingerprint density at radius 1 is 1.27 bits per heavy atom. The van der Waals surface area contributed by atoms with Gasteiger partial charge in [0.25, 0.3) is 0 Å². The van der Waals surface area contributed by atoms with Crippen molar-refractivity contribution < 1.29 is 24.2 Å². The number of aliphatic hydroxyl groups is 1. The van der Waals surface area contributed by atoms with E-state index in [4.69, 9.17) is 9.47 Å². The number of epoxide rings is 1. The van der Waals surface area contributed by atoms with Gasteiger partial charge < -0.3 is 14.6 Å². The van der Waals surface area contributed by atoms with Crippen LogP contribution in [0.25, 0.3) is 0 Å². The fraction of sp³-hybridized carbons (Fsp3) is 0.619. The predicted octanol–water partition coefficient (Wildman–Crippen LogP) is 2.78. The zero-order valence-electron chi connectivity index (χ0n) is 15.6. The van der Waals surface area contributed by atoms with Gasteiger partial charge in [-0.3, -0.25) is 4.79 Å². The second-order valence-electron chi connectivity index (χ2n) is 8.40. The fourth-order valence-corrected chi connectivity index (χ4v) is 4.97. The first-order chi connectivity index (χ1) is 12.2. The Hall–Kier alpha value is -1.72. The minimum absolute atomic E-state index is 0.140. The van der Waals surface area contributed by atoms with E-state index in [1.165, 1.54) is 6.08 Å². The van der Waals surface area contributed by atoms with E-state index >= 15 is 0 Å². The maximum absolute atomic E-state index is 12.6. The number of hydrogen-bond donors (Lipinski definition) is 1. The number of fused-ring (bicyclic) bond motifs is 1. The summed E-state index contributed by atoms with van der Waals surface area (Å²) in [5, 5.41) is 11.4. The lowest BCUT2D eigenvalue weighted by Crippen LogP contribution is -2.34. The van der Waals surface area contributed by atoms with Gasteiger partial charge in [-0.1, -0.05) is 17.7 Å². The molecule has 0 aromatic heterocycles. The standard InChI is InChI=1S/C21H26O5/c1-11(2)14-5-7-20(24)13(4)10-15(22)17(20)12(3)9-16-18-21(26-18,8-6-14)19(23)25-16/h10,14,16,18,24H,1,5-9H2,2-4H3. The van der Waals surface area contributed by atoms with Gasteiger partial charge in [0.1, 0.15) is 17.8 Å². The van der Waals surface area contributed by atoms with Crippen molar-refractivity contribution in [3.8, 4) is 0 Å². The molecule has 2 aliphatic heterocycles. The summed E-state index contributed by atoms with van der Waals surface area (Å²) >= 11 is 0. The number of ether oxygens (including phenoxy) is 2. The molecule has 2 saturated heterocycles. The summed E-state index contributed by atoms with van der Waals surface area (Å²) in [5.74, 6) is -0.263. The Kier molecular flexibility index (Phi) is 3.83. The molecule has 0 spiro atoms. The van der Waals surface area contributed by atoms with E-state index in [9.17, 15) is 14.7 Å². The van der Waals surface area contributed by atoms with E-state index < -0.39 is 11.2 Å². The number of carbonyl (C=O) groups is 2. The molecule has 2 fully saturated rings. The monoisotopic (exact) mass is 358 g/mol. The van der Waals surface area contributed by atoms with Crippen molar-refractivity contribution in [3.63, 3.8) is 0 Å². The maximum atomic E-state index is 12.6. The van der Waals surface area contributed by atoms with Crippen LogP contribution in [-0.4, -0.2) is 40.3 Å². The predicted molar refractivity (Wildman–Crippen MR) is 95.3 cm³/mol. The van der Waals surface area contributed by atoms with Crippen LogP contribution in [0.1, 0.15) is 52.9 Å². The largest absolute Gasteiger partial charge is 0.457 e. The molecule has 1 N–H and O–H groups in total. The molecule has 4 aliphatic rings. The van der Waals surface area contributed by atoms with Gasteiger partial charge in [0.2, 0.25) is 0 Å². The average Bonchev–Trinajstić information content (AvgIpc) is 3.16. The molecule has 0 amide bonds. The van der Waals surface area contributed by atoms with Crippen LogP contribution in [-0.2, 0) is 19.1 Å². The normalized spacial score (nSPS) is 42.3. The summed E-state index contributed by atoms with van der Waals surface area (Å²) in [5.41, 5.74) is 0.905. The smallest absolute Gasteiger partial charge is 0.341 e. The van der Waals surface area contributed by atoms with E-state index in [0.717, 1.165) is 17.6 Å². The number of hydrogen-bond acceptors (Lipinski definition) is 5. The Labute approximate surface area is 153 Å². The summed E-state index contributed by atoms with van der Waals surface area (Å²) in [4.78, 5) is 25.0. The molecule has 2 bridgehead atoms. The molecule has 2 heterocycles. The Balaban J connectivity index is 1.75. The Bertz CT molecular complexity index is 775. The highest BCUT2D eigenvalue weighted by Crippen LogP contribution is 2.53. The lowest BCUT2D eigenvalue weighted by Gasteiger charge is -2.30. The minimum atomic E-state index is -1.24. The van der Waals surface area contributed by atoms with Gasteiger partial charge in [0.05, 0.1) is 0 Å². The van der Waals surface area contributed by atoms with E-state index in [1.54, 1.807) is 0 Å². The van der Waals surface area contributed by atoms with Crippen molar-refractivity contribution in [3.05, 3.63) is 34.9 Å². The van der Waals surface area contributed by atoms with Crippen LogP contribution >= 0.6 is 0 Å². The number of ketones is 1. The quantitative estimate of drug-likeness (QED) is 0.443. The van der Waals surface area contributed by atoms with Gasteiger partial charge in [-0.25, -0.2) is 4.79 Å². The molecular weight excluding hydrogens is 332 g/mol. The molecule has 5 nitrogen and oxygen atoms in total. The van der Waals surface area contributed by atoms with E-state index in [1.807, 2.05) is 20.8 Å². The number of esters is 1. The topological polar surface area (TPSA) is 76.1 Å². The van der Waals surface area contributed by atoms with E-state index in [0.29, 0.717) is 36.8 Å². The van der Waals surface area contributed by atoms with Crippen LogP contribution in [0.5, 0.6) is 0 Å². The second-order valence-corrected chi connectivity index (χ2v) is 8.40. The van der Waals surface area contributed by atoms with Crippen molar-refractivity contribution in [2.24, 2.45) is 5.92 Å². The molecular formula is C21H26O5. The van der Waals surface area contributed by atoms with Gasteiger partial charge in [0.15, 0.2) is 11.4 Å². The number of allylic oxidation sites excluding steroid dienone is 2. The summed E-state index contributed by atoms with van der Waals surface area (Å²) < 4.78 is 11.4. The molecule has 4 rings (SSSR count). The maximum Gasteiger partial charge on any atom is 0.341 e. The molecule has 0 radical (unpaired) electrons. The van der Waals surface area contributed by atoms with Gasteiger partial charge in [0, 0.05) is 12.0 Å². The minimum Gasteiger partial charge on any atom is -0.457 e. The molecule has 0 aromatic rings. The lowest BCUT2D eigenvalue weighted by molar-refractivity contribution is -0.154. The molecule has 26 heavy (non-hydrogen) atoms. The Morgan fingerprint density at radius 2 is 1.96 bits per heavy atom. The van der Waals surface area contributed by atoms with Crippen molar-refractivity contribution in [1.82, 2.24) is 0 Å². The van der Waals surface area contributed by atoms with Crippen LogP contribution in [0.2, 0.25) is 0 Å². The summed E-state index contributed by atoms with van der Waals surface area (Å²) in [6.07, 6.45) is 3.90. The van der Waals surface area contributed by atoms with Crippen molar-refractivity contribution >= 4 is 11.8 Å². The van der Waals surface area contributed by atoms with Crippen molar-refractivity contribution in [1.29, 1.82) is 0 Å². The van der Waals surface area contributed by atoms with Gasteiger partial charge in [-0.15, -0.1) is 0 Å². The second kappa shape index (κ2) is 5.64. The highest BCUT2D eigenvalue weighted by Gasteiger charge is 2.72.